The number of imidazole rings is 1. The van der Waals surface area contributed by atoms with E-state index in [1.807, 2.05) is 24.3 Å². The number of para-hydroxylation sites is 2. The maximum atomic E-state index is 12.7. The Morgan fingerprint density at radius 2 is 2.07 bits per heavy atom. The van der Waals surface area contributed by atoms with Gasteiger partial charge in [0.25, 0.3) is 0 Å². The minimum atomic E-state index is -4.60. The van der Waals surface area contributed by atoms with Gasteiger partial charge in [-0.3, -0.25) is 0 Å². The van der Waals surface area contributed by atoms with Gasteiger partial charge in [0.2, 0.25) is 0 Å². The van der Waals surface area contributed by atoms with Crippen molar-refractivity contribution in [3.05, 3.63) is 48.0 Å². The molecule has 142 valence electrons. The molecule has 0 aliphatic rings. The first-order valence-electron chi connectivity index (χ1n) is 7.96. The lowest BCUT2D eigenvalue weighted by molar-refractivity contribution is -0.141. The number of aromatic amines is 1. The molecule has 0 saturated heterocycles. The summed E-state index contributed by atoms with van der Waals surface area (Å²) in [6, 6.07) is 7.68. The molecule has 0 unspecified atom stereocenters. The van der Waals surface area contributed by atoms with Crippen molar-refractivity contribution in [2.45, 2.75) is 12.6 Å². The van der Waals surface area contributed by atoms with Crippen LogP contribution < -0.4 is 15.4 Å². The predicted molar refractivity (Wildman–Crippen MR) is 92.6 cm³/mol. The van der Waals surface area contributed by atoms with Gasteiger partial charge in [0.1, 0.15) is 23.0 Å². The van der Waals surface area contributed by atoms with E-state index in [-0.39, 0.29) is 18.0 Å². The van der Waals surface area contributed by atoms with Crippen LogP contribution in [0.25, 0.3) is 11.0 Å². The Labute approximate surface area is 152 Å². The van der Waals surface area contributed by atoms with Crippen LogP contribution in [0.15, 0.2) is 36.5 Å². The molecular weight excluding hydrogens is 363 g/mol. The maximum Gasteiger partial charge on any atom is 0.433 e. The molecule has 0 saturated carbocycles. The number of alkyl halides is 3. The summed E-state index contributed by atoms with van der Waals surface area (Å²) in [6.45, 7) is 0.280. The fraction of sp³-hybridized carbons (Fsp3) is 0.235. The number of hydrogen-bond acceptors (Lipinski definition) is 4. The van der Waals surface area contributed by atoms with E-state index in [2.05, 4.69) is 25.6 Å². The van der Waals surface area contributed by atoms with Gasteiger partial charge in [0.15, 0.2) is 0 Å². The van der Waals surface area contributed by atoms with E-state index in [9.17, 15) is 18.0 Å². The van der Waals surface area contributed by atoms with Crippen molar-refractivity contribution in [3.8, 4) is 5.75 Å². The third kappa shape index (κ3) is 4.46. The average molecular weight is 379 g/mol. The van der Waals surface area contributed by atoms with Crippen molar-refractivity contribution in [2.75, 3.05) is 19.0 Å². The highest BCUT2D eigenvalue weighted by Gasteiger charge is 2.33. The second-order valence-electron chi connectivity index (χ2n) is 5.60. The summed E-state index contributed by atoms with van der Waals surface area (Å²) in [5.74, 6) is 0.579. The zero-order valence-electron chi connectivity index (χ0n) is 14.2. The van der Waals surface area contributed by atoms with Gasteiger partial charge >= 0.3 is 12.2 Å². The number of rotatable bonds is 5. The highest BCUT2D eigenvalue weighted by atomic mass is 19.4. The smallest absolute Gasteiger partial charge is 0.433 e. The summed E-state index contributed by atoms with van der Waals surface area (Å²) < 4.78 is 42.9. The average Bonchev–Trinajstić information content (AvgIpc) is 3.03. The summed E-state index contributed by atoms with van der Waals surface area (Å²) in [6.07, 6.45) is -3.23. The van der Waals surface area contributed by atoms with Gasteiger partial charge in [0.05, 0.1) is 24.3 Å². The number of aromatic nitrogens is 3. The van der Waals surface area contributed by atoms with E-state index in [1.54, 1.807) is 0 Å². The van der Waals surface area contributed by atoms with Gasteiger partial charge in [-0.1, -0.05) is 12.1 Å². The van der Waals surface area contributed by atoms with E-state index in [0.29, 0.717) is 12.2 Å². The minimum Gasteiger partial charge on any atom is -0.494 e. The van der Waals surface area contributed by atoms with E-state index < -0.39 is 17.9 Å². The van der Waals surface area contributed by atoms with Crippen LogP contribution >= 0.6 is 0 Å². The molecule has 1 aromatic carbocycles. The molecule has 3 N–H and O–H groups in total. The number of carbonyl (C=O) groups excluding carboxylic acids is 1. The Hall–Kier alpha value is -3.30. The van der Waals surface area contributed by atoms with Crippen molar-refractivity contribution in [1.82, 2.24) is 20.3 Å². The predicted octanol–water partition coefficient (Wildman–Crippen LogP) is 3.35. The lowest BCUT2D eigenvalue weighted by Gasteiger charge is -2.13. The molecule has 0 aliphatic carbocycles. The molecule has 3 aromatic rings. The number of amides is 2. The van der Waals surface area contributed by atoms with Crippen molar-refractivity contribution >= 4 is 22.8 Å². The second-order valence-corrected chi connectivity index (χ2v) is 5.60. The molecule has 0 radical (unpaired) electrons. The lowest BCUT2D eigenvalue weighted by Crippen LogP contribution is -2.30. The van der Waals surface area contributed by atoms with E-state index in [0.717, 1.165) is 23.3 Å². The Morgan fingerprint density at radius 1 is 1.30 bits per heavy atom. The number of methoxy groups -OCH3 is 1. The van der Waals surface area contributed by atoms with Crippen LogP contribution in [-0.2, 0) is 12.6 Å². The van der Waals surface area contributed by atoms with Crippen LogP contribution in [0.5, 0.6) is 5.75 Å². The van der Waals surface area contributed by atoms with Crippen molar-refractivity contribution in [1.29, 1.82) is 0 Å². The number of pyridine rings is 1. The van der Waals surface area contributed by atoms with Crippen LogP contribution in [0.2, 0.25) is 0 Å². The Bertz CT molecular complexity index is 922. The zero-order chi connectivity index (χ0) is 19.4. The normalized spacial score (nSPS) is 11.4. The van der Waals surface area contributed by atoms with Crippen LogP contribution in [-0.4, -0.2) is 34.6 Å². The summed E-state index contributed by atoms with van der Waals surface area (Å²) in [5, 5.41) is 5.02. The SMILES string of the molecule is COc1cc(C(F)(F)F)ncc1NC(=O)NCCc1nc2ccccc2[nH]1. The number of ether oxygens (including phenoxy) is 1. The number of halogens is 3. The first-order chi connectivity index (χ1) is 12.9. The molecule has 0 aliphatic heterocycles. The highest BCUT2D eigenvalue weighted by Crippen LogP contribution is 2.33. The van der Waals surface area contributed by atoms with Crippen molar-refractivity contribution in [2.24, 2.45) is 0 Å². The maximum absolute atomic E-state index is 12.7. The summed E-state index contributed by atoms with van der Waals surface area (Å²) in [7, 11) is 1.21. The molecule has 27 heavy (non-hydrogen) atoms. The Kier molecular flexibility index (Phi) is 5.15. The number of nitrogens with zero attached hydrogens (tertiary/aromatic N) is 2. The highest BCUT2D eigenvalue weighted by molar-refractivity contribution is 5.90. The molecule has 7 nitrogen and oxygen atoms in total. The van der Waals surface area contributed by atoms with Crippen molar-refractivity contribution < 1.29 is 22.7 Å². The van der Waals surface area contributed by atoms with Gasteiger partial charge in [-0.15, -0.1) is 0 Å². The molecular formula is C17H16F3N5O2. The zero-order valence-corrected chi connectivity index (χ0v) is 14.2. The molecule has 0 bridgehead atoms. The number of fused-ring (bicyclic) bond motifs is 1. The molecule has 10 heteroatoms. The van der Waals surface area contributed by atoms with E-state index >= 15 is 0 Å². The molecule has 0 atom stereocenters. The quantitative estimate of drug-likeness (QED) is 0.634. The topological polar surface area (TPSA) is 91.9 Å². The van der Waals surface area contributed by atoms with Crippen LogP contribution in [0.3, 0.4) is 0 Å². The summed E-state index contributed by atoms with van der Waals surface area (Å²) in [4.78, 5) is 22.8. The number of nitrogens with one attached hydrogen (secondary N) is 3. The fourth-order valence-electron chi connectivity index (χ4n) is 2.44. The van der Waals surface area contributed by atoms with Crippen molar-refractivity contribution in [3.63, 3.8) is 0 Å². The number of hydrogen-bond donors (Lipinski definition) is 3. The Morgan fingerprint density at radius 3 is 2.78 bits per heavy atom. The molecule has 3 rings (SSSR count). The molecule has 2 aromatic heterocycles. The van der Waals surface area contributed by atoms with Crippen LogP contribution in [0.1, 0.15) is 11.5 Å². The van der Waals surface area contributed by atoms with Gasteiger partial charge in [-0.05, 0) is 12.1 Å². The standard InChI is InChI=1S/C17H16F3N5O2/c1-27-13-8-14(17(18,19)20)22-9-12(13)25-16(26)21-7-6-15-23-10-4-2-3-5-11(10)24-15/h2-5,8-9H,6-7H2,1H3,(H,23,24)(H2,21,25,26). The monoisotopic (exact) mass is 379 g/mol. The fourth-order valence-corrected chi connectivity index (χ4v) is 2.44. The largest absolute Gasteiger partial charge is 0.494 e. The summed E-state index contributed by atoms with van der Waals surface area (Å²) in [5.41, 5.74) is 0.664. The first-order valence-corrected chi connectivity index (χ1v) is 7.96. The minimum absolute atomic E-state index is 0.0340. The number of urea groups is 1. The Balaban J connectivity index is 1.57. The van der Waals surface area contributed by atoms with E-state index in [4.69, 9.17) is 4.74 Å². The third-order valence-corrected chi connectivity index (χ3v) is 3.71. The number of carbonyl (C=O) groups is 1. The first kappa shape index (κ1) is 18.5. The van der Waals surface area contributed by atoms with Crippen LogP contribution in [0, 0.1) is 0 Å². The number of benzene rings is 1. The van der Waals surface area contributed by atoms with Crippen LogP contribution in [0.4, 0.5) is 23.7 Å². The van der Waals surface area contributed by atoms with Gasteiger partial charge in [0, 0.05) is 19.0 Å². The molecule has 0 spiro atoms. The van der Waals surface area contributed by atoms with Gasteiger partial charge in [-0.2, -0.15) is 13.2 Å². The number of anilines is 1. The van der Waals surface area contributed by atoms with Gasteiger partial charge in [-0.25, -0.2) is 14.8 Å². The molecule has 0 fully saturated rings. The lowest BCUT2D eigenvalue weighted by atomic mass is 10.3. The molecule has 2 heterocycles. The molecule has 2 amide bonds. The summed E-state index contributed by atoms with van der Waals surface area (Å²) >= 11 is 0. The second kappa shape index (κ2) is 7.52. The number of H-pyrrole nitrogens is 1. The third-order valence-electron chi connectivity index (χ3n) is 3.71. The van der Waals surface area contributed by atoms with Gasteiger partial charge < -0.3 is 20.4 Å². The van der Waals surface area contributed by atoms with E-state index in [1.165, 1.54) is 7.11 Å².